The lowest BCUT2D eigenvalue weighted by atomic mass is 10.2. The van der Waals surface area contributed by atoms with E-state index in [4.69, 9.17) is 28.6 Å². The smallest absolute Gasteiger partial charge is 0.175 e. The third kappa shape index (κ3) is 4.97. The van der Waals surface area contributed by atoms with E-state index < -0.39 is 0 Å². The van der Waals surface area contributed by atoms with Crippen molar-refractivity contribution in [2.45, 2.75) is 6.54 Å². The number of ether oxygens (including phenoxy) is 1. The van der Waals surface area contributed by atoms with Crippen LogP contribution in [0.2, 0.25) is 5.02 Å². The molecule has 0 bridgehead atoms. The van der Waals surface area contributed by atoms with Crippen LogP contribution in [0.4, 0.5) is 11.4 Å². The van der Waals surface area contributed by atoms with Crippen LogP contribution in [0.1, 0.15) is 5.56 Å². The molecule has 5 nitrogen and oxygen atoms in total. The first kappa shape index (κ1) is 18.7. The molecule has 3 aromatic rings. The summed E-state index contributed by atoms with van der Waals surface area (Å²) in [4.78, 5) is 0. The van der Waals surface area contributed by atoms with Crippen molar-refractivity contribution in [2.75, 3.05) is 17.7 Å². The second-order valence-electron chi connectivity index (χ2n) is 5.48. The maximum absolute atomic E-state index is 6.19. The van der Waals surface area contributed by atoms with Gasteiger partial charge >= 0.3 is 0 Å². The van der Waals surface area contributed by atoms with Gasteiger partial charge in [-0.25, -0.2) is 0 Å². The SMILES string of the molecule is COc1cccc(Cn2cc(NC(=S)Nc3ccc(Br)cc3Cl)cn2)c1. The summed E-state index contributed by atoms with van der Waals surface area (Å²) in [5.41, 5.74) is 2.62. The zero-order chi connectivity index (χ0) is 18.5. The number of nitrogens with one attached hydrogen (secondary N) is 2. The van der Waals surface area contributed by atoms with Crippen LogP contribution in [0.25, 0.3) is 0 Å². The van der Waals surface area contributed by atoms with E-state index >= 15 is 0 Å². The van der Waals surface area contributed by atoms with E-state index in [-0.39, 0.29) is 0 Å². The fourth-order valence-corrected chi connectivity index (χ4v) is 3.30. The molecule has 134 valence electrons. The first-order valence-corrected chi connectivity index (χ1v) is 9.30. The Morgan fingerprint density at radius 2 is 2.12 bits per heavy atom. The van der Waals surface area contributed by atoms with Gasteiger partial charge in [0, 0.05) is 10.7 Å². The van der Waals surface area contributed by atoms with Crippen LogP contribution >= 0.6 is 39.7 Å². The average Bonchev–Trinajstić information content (AvgIpc) is 3.04. The Balaban J connectivity index is 1.61. The molecule has 3 rings (SSSR count). The van der Waals surface area contributed by atoms with Crippen molar-refractivity contribution in [3.8, 4) is 5.75 Å². The number of halogens is 2. The van der Waals surface area contributed by atoms with Crippen LogP contribution in [-0.2, 0) is 6.54 Å². The summed E-state index contributed by atoms with van der Waals surface area (Å²) in [7, 11) is 1.65. The molecule has 1 aromatic heterocycles. The number of thiocarbonyl (C=S) groups is 1. The van der Waals surface area contributed by atoms with Crippen molar-refractivity contribution < 1.29 is 4.74 Å². The van der Waals surface area contributed by atoms with Gasteiger partial charge in [0.25, 0.3) is 0 Å². The van der Waals surface area contributed by atoms with Crippen LogP contribution in [0.3, 0.4) is 0 Å². The van der Waals surface area contributed by atoms with E-state index in [1.807, 2.05) is 47.3 Å². The largest absolute Gasteiger partial charge is 0.497 e. The third-order valence-electron chi connectivity index (χ3n) is 3.55. The Morgan fingerprint density at radius 3 is 2.88 bits per heavy atom. The van der Waals surface area contributed by atoms with E-state index in [0.29, 0.717) is 16.7 Å². The summed E-state index contributed by atoms with van der Waals surface area (Å²) >= 11 is 14.9. The van der Waals surface area contributed by atoms with E-state index in [2.05, 4.69) is 31.7 Å². The Bertz CT molecular complexity index is 931. The Kier molecular flexibility index (Phi) is 6.13. The molecule has 0 atom stereocenters. The van der Waals surface area contributed by atoms with E-state index in [0.717, 1.165) is 27.2 Å². The maximum atomic E-state index is 6.19. The topological polar surface area (TPSA) is 51.1 Å². The number of benzene rings is 2. The maximum Gasteiger partial charge on any atom is 0.175 e. The molecule has 0 aliphatic rings. The Hall–Kier alpha value is -2.09. The highest BCUT2D eigenvalue weighted by Gasteiger charge is 2.06. The Morgan fingerprint density at radius 1 is 1.27 bits per heavy atom. The second kappa shape index (κ2) is 8.53. The molecule has 0 aliphatic carbocycles. The number of rotatable bonds is 5. The molecule has 0 unspecified atom stereocenters. The summed E-state index contributed by atoms with van der Waals surface area (Å²) in [5.74, 6) is 0.824. The van der Waals surface area contributed by atoms with Crippen molar-refractivity contribution in [3.63, 3.8) is 0 Å². The van der Waals surface area contributed by atoms with Gasteiger partial charge in [-0.05, 0) is 48.1 Å². The van der Waals surface area contributed by atoms with Crippen LogP contribution in [0.15, 0.2) is 59.3 Å². The lowest BCUT2D eigenvalue weighted by Gasteiger charge is -2.10. The van der Waals surface area contributed by atoms with E-state index in [9.17, 15) is 0 Å². The van der Waals surface area contributed by atoms with Crippen molar-refractivity contribution in [2.24, 2.45) is 0 Å². The average molecular weight is 452 g/mol. The summed E-state index contributed by atoms with van der Waals surface area (Å²) in [6.45, 7) is 0.637. The minimum Gasteiger partial charge on any atom is -0.497 e. The van der Waals surface area contributed by atoms with Gasteiger partial charge in [-0.2, -0.15) is 5.10 Å². The van der Waals surface area contributed by atoms with Crippen LogP contribution in [0.5, 0.6) is 5.75 Å². The van der Waals surface area contributed by atoms with Crippen LogP contribution in [-0.4, -0.2) is 22.0 Å². The molecular weight excluding hydrogens is 436 g/mol. The highest BCUT2D eigenvalue weighted by Crippen LogP contribution is 2.25. The summed E-state index contributed by atoms with van der Waals surface area (Å²) in [6.07, 6.45) is 3.61. The predicted octanol–water partition coefficient (Wildman–Crippen LogP) is 5.16. The standard InChI is InChI=1S/C18H16BrClN4OS/c1-25-15-4-2-3-12(7-15)10-24-11-14(9-21-24)22-18(26)23-17-6-5-13(19)8-16(17)20/h2-9,11H,10H2,1H3,(H2,22,23,26). The van der Waals surface area contributed by atoms with Gasteiger partial charge in [-0.3, -0.25) is 4.68 Å². The molecule has 0 aliphatic heterocycles. The van der Waals surface area contributed by atoms with Gasteiger partial charge in [0.05, 0.1) is 36.2 Å². The van der Waals surface area contributed by atoms with Crippen LogP contribution in [0, 0.1) is 0 Å². The van der Waals surface area contributed by atoms with Gasteiger partial charge in [-0.15, -0.1) is 0 Å². The number of nitrogens with zero attached hydrogens (tertiary/aromatic N) is 2. The van der Waals surface area contributed by atoms with Crippen molar-refractivity contribution in [3.05, 3.63) is 69.9 Å². The molecule has 0 spiro atoms. The molecule has 0 amide bonds. The Labute approximate surface area is 170 Å². The number of methoxy groups -OCH3 is 1. The fourth-order valence-electron chi connectivity index (χ4n) is 2.35. The summed E-state index contributed by atoms with van der Waals surface area (Å²) in [5, 5.41) is 11.5. The van der Waals surface area contributed by atoms with Crippen molar-refractivity contribution >= 4 is 56.2 Å². The van der Waals surface area contributed by atoms with E-state index in [1.165, 1.54) is 0 Å². The molecule has 0 saturated heterocycles. The molecule has 1 heterocycles. The van der Waals surface area contributed by atoms with Gasteiger partial charge in [0.2, 0.25) is 0 Å². The predicted molar refractivity (Wildman–Crippen MR) is 113 cm³/mol. The van der Waals surface area contributed by atoms with Gasteiger partial charge in [0.15, 0.2) is 5.11 Å². The molecule has 0 fully saturated rings. The lowest BCUT2D eigenvalue weighted by Crippen LogP contribution is -2.19. The first-order chi connectivity index (χ1) is 12.5. The summed E-state index contributed by atoms with van der Waals surface area (Å²) < 4.78 is 7.98. The fraction of sp³-hybridized carbons (Fsp3) is 0.111. The second-order valence-corrected chi connectivity index (χ2v) is 7.21. The molecule has 8 heteroatoms. The van der Waals surface area contributed by atoms with Crippen LogP contribution < -0.4 is 15.4 Å². The third-order valence-corrected chi connectivity index (χ3v) is 4.56. The number of anilines is 2. The van der Waals surface area contributed by atoms with E-state index in [1.54, 1.807) is 19.4 Å². The quantitative estimate of drug-likeness (QED) is 0.524. The highest BCUT2D eigenvalue weighted by molar-refractivity contribution is 9.10. The number of aromatic nitrogens is 2. The minimum atomic E-state index is 0.440. The molecule has 2 aromatic carbocycles. The molecule has 0 radical (unpaired) electrons. The first-order valence-electron chi connectivity index (χ1n) is 7.72. The van der Waals surface area contributed by atoms with Crippen molar-refractivity contribution in [1.29, 1.82) is 0 Å². The normalized spacial score (nSPS) is 10.4. The zero-order valence-electron chi connectivity index (χ0n) is 13.9. The number of hydrogen-bond acceptors (Lipinski definition) is 3. The monoisotopic (exact) mass is 450 g/mol. The highest BCUT2D eigenvalue weighted by atomic mass is 79.9. The minimum absolute atomic E-state index is 0.440. The number of hydrogen-bond donors (Lipinski definition) is 2. The lowest BCUT2D eigenvalue weighted by molar-refractivity contribution is 0.414. The van der Waals surface area contributed by atoms with Crippen molar-refractivity contribution in [1.82, 2.24) is 9.78 Å². The molecular formula is C18H16BrClN4OS. The summed E-state index contributed by atoms with van der Waals surface area (Å²) in [6, 6.07) is 13.4. The van der Waals surface area contributed by atoms with Gasteiger partial charge in [-0.1, -0.05) is 39.7 Å². The molecule has 2 N–H and O–H groups in total. The zero-order valence-corrected chi connectivity index (χ0v) is 17.0. The van der Waals surface area contributed by atoms with Gasteiger partial charge < -0.3 is 15.4 Å². The molecule has 26 heavy (non-hydrogen) atoms. The molecule has 0 saturated carbocycles. The van der Waals surface area contributed by atoms with Gasteiger partial charge in [0.1, 0.15) is 5.75 Å².